The molecule has 0 bridgehead atoms. The van der Waals surface area contributed by atoms with Crippen molar-refractivity contribution in [3.8, 4) is 22.7 Å². The Balaban J connectivity index is 0.000000107. The molecule has 21 aromatic rings. The number of fused-ring (bicyclic) bond motifs is 8. The number of aromatic amines is 4. The molecule has 37 nitrogen and oxygen atoms in total. The Bertz CT molecular complexity index is 7640. The summed E-state index contributed by atoms with van der Waals surface area (Å²) in [6.07, 6.45) is 2.84. The molecule has 0 atom stereocenters. The van der Waals surface area contributed by atoms with Gasteiger partial charge in [-0.3, -0.25) is 23.3 Å². The van der Waals surface area contributed by atoms with Crippen LogP contribution in [0.25, 0.3) is 112 Å². The number of nitrogens with one attached hydrogen (secondary N) is 9. The lowest BCUT2D eigenvalue weighted by Gasteiger charge is -2.27. The zero-order valence-electron chi connectivity index (χ0n) is 70.0. The quantitative estimate of drug-likeness (QED) is 0.0302. The Morgan fingerprint density at radius 3 is 1.19 bits per heavy atom. The van der Waals surface area contributed by atoms with Crippen molar-refractivity contribution in [1.29, 1.82) is 0 Å². The fraction of sp³-hybridized carbons (Fsp3) is 0.209. The molecule has 3 aliphatic heterocycles. The monoisotopic (exact) mass is 1890 g/mol. The van der Waals surface area contributed by atoms with Gasteiger partial charge in [-0.1, -0.05) is 18.2 Å². The van der Waals surface area contributed by atoms with Gasteiger partial charge in [-0.15, -0.1) is 0 Å². The van der Waals surface area contributed by atoms with E-state index in [1.165, 1.54) is 24.3 Å². The third-order valence-corrected chi connectivity index (χ3v) is 24.4. The first-order valence-corrected chi connectivity index (χ1v) is 45.5. The highest BCUT2D eigenvalue weighted by Gasteiger charge is 2.35. The Kier molecular flexibility index (Phi) is 23.7. The van der Waals surface area contributed by atoms with E-state index in [1.807, 2.05) is 109 Å². The number of rotatable bonds is 21. The second kappa shape index (κ2) is 37.1. The molecule has 9 N–H and O–H groups in total. The molecule has 134 heavy (non-hydrogen) atoms. The summed E-state index contributed by atoms with van der Waals surface area (Å²) in [6.45, 7) is 8.91. The summed E-state index contributed by atoms with van der Waals surface area (Å²) in [6, 6.07) is 27.8. The second-order valence-corrected chi connectivity index (χ2v) is 33.5. The molecule has 0 unspecified atom stereocenters. The number of anilines is 9. The highest BCUT2D eigenvalue weighted by Crippen LogP contribution is 2.38. The number of para-hydroxylation sites is 3. The summed E-state index contributed by atoms with van der Waals surface area (Å²) in [7, 11) is 0. The highest BCUT2D eigenvalue weighted by molar-refractivity contribution is 7.09. The van der Waals surface area contributed by atoms with Crippen LogP contribution in [0.1, 0.15) is 34.4 Å². The van der Waals surface area contributed by atoms with Crippen molar-refractivity contribution in [2.75, 3.05) is 120 Å². The van der Waals surface area contributed by atoms with Crippen LogP contribution in [0.3, 0.4) is 0 Å². The molecule has 3 aliphatic rings. The molecule has 20 heterocycles. The average Bonchev–Trinajstić information content (AvgIpc) is 1.65. The van der Waals surface area contributed by atoms with Crippen LogP contribution in [-0.2, 0) is 52.7 Å². The molecule has 3 saturated heterocycles. The van der Waals surface area contributed by atoms with Crippen LogP contribution in [0.5, 0.6) is 0 Å². The standard InChI is InChI=1S/2C22H19F3N8OS.C21H19FN8OS.C21H16N10S/c23-22(24,25)13-1-2-15-16(9-13)29-17(28-15)10-26-19-18-20(33(12-27-18)14-3-8-35-11-14)31-21(30-19)32-4-6-34-7-5-32;23-22(24,25)14-2-1-3-15-17(14)29-16(28-15)10-26-19-18-20(33(12-27-18)13-4-9-35-11-13)31-21(30-19)32-5-7-34-8-6-32;22-13-1-2-15-16(9-13)26-17(25-15)10-23-19-18-20(30(12-24-18)14-3-8-32-11-14)28-21(27-19)29-4-6-31-7-5-29;1-2-4-15-14(3-1)26-17(27-15)10-24-19-18-20(31(12-25-18)13-5-8-32-11-13)30-21(29-19)28-16-9-22-6-7-23-16/h1-3,8-9,11-12H,4-7,10H2,(H,28,29)(H,26,30,31);1-4,9,11-12H,5-8,10H2,(H,28,29)(H,26,30,31);1-3,8-9,11-12H,4-7,10H2,(H,25,26)(H,23,27,28);1-9,11-12H,10H2,(H,26,27)(H2,23,24,28,29,30). The Hall–Kier alpha value is -15.4. The van der Waals surface area contributed by atoms with Crippen LogP contribution in [0, 0.1) is 5.82 Å². The van der Waals surface area contributed by atoms with E-state index >= 15 is 0 Å². The Morgan fingerprint density at radius 2 is 0.769 bits per heavy atom. The molecule has 678 valence electrons. The van der Waals surface area contributed by atoms with Gasteiger partial charge in [0.1, 0.15) is 59.9 Å². The van der Waals surface area contributed by atoms with Crippen molar-refractivity contribution in [2.45, 2.75) is 38.5 Å². The zero-order chi connectivity index (χ0) is 90.8. The number of benzene rings is 4. The number of halogens is 7. The molecule has 0 spiro atoms. The van der Waals surface area contributed by atoms with E-state index in [4.69, 9.17) is 44.1 Å². The van der Waals surface area contributed by atoms with E-state index in [0.717, 1.165) is 76.5 Å². The lowest BCUT2D eigenvalue weighted by molar-refractivity contribution is -0.138. The molecule has 0 amide bonds. The van der Waals surface area contributed by atoms with E-state index in [2.05, 4.69) is 122 Å². The van der Waals surface area contributed by atoms with Crippen molar-refractivity contribution in [3.63, 3.8) is 0 Å². The smallest absolute Gasteiger partial charge is 0.378 e. The van der Waals surface area contributed by atoms with Gasteiger partial charge < -0.3 is 75.4 Å². The summed E-state index contributed by atoms with van der Waals surface area (Å²) < 4.78 is 117. The number of thiophene rings is 4. The van der Waals surface area contributed by atoms with Crippen molar-refractivity contribution in [2.24, 2.45) is 0 Å². The fourth-order valence-corrected chi connectivity index (χ4v) is 17.7. The first-order chi connectivity index (χ1) is 65.5. The average molecular weight is 1890 g/mol. The first kappa shape index (κ1) is 85.4. The van der Waals surface area contributed by atoms with Crippen LogP contribution >= 0.6 is 45.3 Å². The van der Waals surface area contributed by atoms with Gasteiger partial charge in [-0.2, -0.15) is 112 Å². The number of nitrogens with zero attached hydrogens (tertiary/aromatic N) is 25. The van der Waals surface area contributed by atoms with E-state index in [1.54, 1.807) is 101 Å². The molecule has 3 fully saturated rings. The molecule has 17 aromatic heterocycles. The molecule has 24 rings (SSSR count). The van der Waals surface area contributed by atoms with Crippen LogP contribution in [0.15, 0.2) is 190 Å². The van der Waals surface area contributed by atoms with E-state index < -0.39 is 23.5 Å². The van der Waals surface area contributed by atoms with Crippen LogP contribution in [-0.4, -0.2) is 207 Å². The van der Waals surface area contributed by atoms with Gasteiger partial charge in [0.2, 0.25) is 23.8 Å². The lowest BCUT2D eigenvalue weighted by Crippen LogP contribution is -2.37. The number of hydrogen-bond donors (Lipinski definition) is 9. The minimum atomic E-state index is -4.49. The minimum absolute atomic E-state index is 0.111. The van der Waals surface area contributed by atoms with Gasteiger partial charge in [0.25, 0.3) is 0 Å². The van der Waals surface area contributed by atoms with Crippen molar-refractivity contribution < 1.29 is 44.9 Å². The normalized spacial score (nSPS) is 13.9. The fourth-order valence-electron chi connectivity index (χ4n) is 15.2. The number of morpholine rings is 3. The third kappa shape index (κ3) is 18.3. The number of alkyl halides is 6. The number of aromatic nitrogens is 26. The van der Waals surface area contributed by atoms with Gasteiger partial charge in [-0.25, -0.2) is 49.2 Å². The van der Waals surface area contributed by atoms with Crippen molar-refractivity contribution >= 4 is 187 Å². The van der Waals surface area contributed by atoms with Crippen molar-refractivity contribution in [1.82, 2.24) is 128 Å². The molecular weight excluding hydrogens is 1820 g/mol. The maximum atomic E-state index is 13.5. The Morgan fingerprint density at radius 1 is 0.366 bits per heavy atom. The van der Waals surface area contributed by atoms with E-state index in [0.29, 0.717) is 216 Å². The largest absolute Gasteiger partial charge is 0.418 e. The predicted molar refractivity (Wildman–Crippen MR) is 496 cm³/mol. The molecular formula is C86H73F7N34O3S4. The summed E-state index contributed by atoms with van der Waals surface area (Å²) in [5, 5.41) is 32.4. The SMILES string of the molecule is FC(F)(F)c1ccc2nc(CNc3nc(N4CCOCC4)nc4c3ncn4-c3ccsc3)[nH]c2c1.FC(F)(F)c1cccc2[nH]c(CNc3nc(N4CCOCC4)nc4c3ncn4-c3ccsc3)nc12.Fc1ccc2nc(CNc3nc(N4CCOCC4)nc4c3ncn4-c3ccsc3)[nH]c2c1.c1ccc2[nH]c(CNc3nc(Nc4cnccn4)nc4c3ncn4-c3ccsc3)nc2c1. The first-order valence-electron chi connectivity index (χ1n) is 41.8. The van der Waals surface area contributed by atoms with Crippen LogP contribution in [0.2, 0.25) is 0 Å². The van der Waals surface area contributed by atoms with Gasteiger partial charge in [0, 0.05) is 73.2 Å². The minimum Gasteiger partial charge on any atom is -0.378 e. The molecule has 0 aliphatic carbocycles. The van der Waals surface area contributed by atoms with E-state index in [9.17, 15) is 30.7 Å². The summed E-state index contributed by atoms with van der Waals surface area (Å²) in [5.74, 6) is 6.89. The number of H-pyrrole nitrogens is 4. The summed E-state index contributed by atoms with van der Waals surface area (Å²) >= 11 is 6.38. The topological polar surface area (TPSA) is 412 Å². The second-order valence-electron chi connectivity index (χ2n) is 30.4. The Labute approximate surface area is 767 Å². The van der Waals surface area contributed by atoms with Crippen LogP contribution < -0.4 is 41.3 Å². The highest BCUT2D eigenvalue weighted by atomic mass is 32.1. The van der Waals surface area contributed by atoms with Crippen LogP contribution in [0.4, 0.5) is 83.6 Å². The molecule has 0 saturated carbocycles. The van der Waals surface area contributed by atoms with Gasteiger partial charge >= 0.3 is 12.4 Å². The van der Waals surface area contributed by atoms with Gasteiger partial charge in [0.05, 0.1) is 145 Å². The molecule has 48 heteroatoms. The van der Waals surface area contributed by atoms with Crippen molar-refractivity contribution in [3.05, 3.63) is 230 Å². The zero-order valence-corrected chi connectivity index (χ0v) is 73.2. The number of imidazole rings is 8. The maximum absolute atomic E-state index is 13.5. The lowest BCUT2D eigenvalue weighted by atomic mass is 10.2. The third-order valence-electron chi connectivity index (χ3n) is 21.7. The predicted octanol–water partition coefficient (Wildman–Crippen LogP) is 15.7. The summed E-state index contributed by atoms with van der Waals surface area (Å²) in [5.41, 5.74) is 11.8. The van der Waals surface area contributed by atoms with Gasteiger partial charge in [-0.05, 0) is 106 Å². The number of ether oxygens (including phenoxy) is 3. The van der Waals surface area contributed by atoms with E-state index in [-0.39, 0.29) is 24.4 Å². The van der Waals surface area contributed by atoms with Gasteiger partial charge in [0.15, 0.2) is 73.7 Å². The number of hydrogen-bond acceptors (Lipinski definition) is 33. The summed E-state index contributed by atoms with van der Waals surface area (Å²) in [4.78, 5) is 101. The molecule has 0 radical (unpaired) electrons. The molecule has 4 aromatic carbocycles. The maximum Gasteiger partial charge on any atom is 0.418 e.